The van der Waals surface area contributed by atoms with Crippen LogP contribution in [0.4, 0.5) is 0 Å². The number of rotatable bonds is 7. The zero-order chi connectivity index (χ0) is 15.1. The lowest BCUT2D eigenvalue weighted by Gasteiger charge is -2.35. The molecule has 0 aliphatic carbocycles. The molecule has 2 aliphatic rings. The largest absolute Gasteiger partial charge is 0.353 e. The van der Waals surface area contributed by atoms with Crippen molar-refractivity contribution in [2.45, 2.75) is 64.8 Å². The molecule has 0 bridgehead atoms. The van der Waals surface area contributed by atoms with Gasteiger partial charge in [-0.15, -0.1) is 0 Å². The van der Waals surface area contributed by atoms with Gasteiger partial charge in [0.2, 0.25) is 5.91 Å². The Morgan fingerprint density at radius 2 is 2.05 bits per heavy atom. The van der Waals surface area contributed by atoms with Crippen LogP contribution in [0.15, 0.2) is 0 Å². The van der Waals surface area contributed by atoms with Crippen LogP contribution < -0.4 is 10.6 Å². The Morgan fingerprint density at radius 3 is 2.62 bits per heavy atom. The number of hydrogen-bond donors (Lipinski definition) is 2. The zero-order valence-corrected chi connectivity index (χ0v) is 13.9. The molecule has 2 fully saturated rings. The summed E-state index contributed by atoms with van der Waals surface area (Å²) in [5.74, 6) is 0.307. The molecule has 2 rings (SSSR count). The summed E-state index contributed by atoms with van der Waals surface area (Å²) in [4.78, 5) is 15.3. The molecule has 0 spiro atoms. The van der Waals surface area contributed by atoms with E-state index in [2.05, 4.69) is 29.4 Å². The summed E-state index contributed by atoms with van der Waals surface area (Å²) in [6.07, 6.45) is 7.90. The Balaban J connectivity index is 1.78. The van der Waals surface area contributed by atoms with Crippen LogP contribution in [0.25, 0.3) is 0 Å². The van der Waals surface area contributed by atoms with E-state index in [9.17, 15) is 4.79 Å². The maximum absolute atomic E-state index is 12.7. The average Bonchev–Trinajstić information content (AvgIpc) is 2.97. The van der Waals surface area contributed by atoms with Crippen molar-refractivity contribution in [1.82, 2.24) is 15.5 Å². The van der Waals surface area contributed by atoms with Gasteiger partial charge in [-0.1, -0.05) is 26.7 Å². The Kier molecular flexibility index (Phi) is 6.49. The highest BCUT2D eigenvalue weighted by molar-refractivity contribution is 5.83. The second kappa shape index (κ2) is 8.14. The van der Waals surface area contributed by atoms with E-state index in [0.29, 0.717) is 11.9 Å². The molecule has 122 valence electrons. The molecule has 0 aromatic carbocycles. The second-order valence-electron chi connectivity index (χ2n) is 6.90. The smallest absolute Gasteiger partial charge is 0.227 e. The quantitative estimate of drug-likeness (QED) is 0.756. The summed E-state index contributed by atoms with van der Waals surface area (Å²) in [7, 11) is 0. The number of hydrogen-bond acceptors (Lipinski definition) is 3. The second-order valence-corrected chi connectivity index (χ2v) is 6.90. The number of likely N-dealkylation sites (tertiary alicyclic amines) is 1. The number of nitrogens with zero attached hydrogens (tertiary/aromatic N) is 1. The van der Waals surface area contributed by atoms with Gasteiger partial charge >= 0.3 is 0 Å². The third-order valence-electron chi connectivity index (χ3n) is 5.20. The van der Waals surface area contributed by atoms with Crippen molar-refractivity contribution in [3.8, 4) is 0 Å². The fourth-order valence-corrected chi connectivity index (χ4v) is 3.76. The highest BCUT2D eigenvalue weighted by atomic mass is 16.2. The Hall–Kier alpha value is -0.610. The van der Waals surface area contributed by atoms with Crippen molar-refractivity contribution >= 4 is 5.91 Å². The van der Waals surface area contributed by atoms with Crippen molar-refractivity contribution in [2.75, 3.05) is 32.7 Å². The van der Waals surface area contributed by atoms with Gasteiger partial charge in [0.15, 0.2) is 0 Å². The van der Waals surface area contributed by atoms with Gasteiger partial charge in [-0.05, 0) is 45.2 Å². The van der Waals surface area contributed by atoms with E-state index in [1.165, 1.54) is 19.4 Å². The maximum atomic E-state index is 12.7. The van der Waals surface area contributed by atoms with E-state index >= 15 is 0 Å². The van der Waals surface area contributed by atoms with Crippen LogP contribution in [0.1, 0.15) is 58.8 Å². The lowest BCUT2D eigenvalue weighted by molar-refractivity contribution is -0.131. The van der Waals surface area contributed by atoms with E-state index in [4.69, 9.17) is 0 Å². The lowest BCUT2D eigenvalue weighted by atomic mass is 9.81. The number of piperidine rings is 1. The summed E-state index contributed by atoms with van der Waals surface area (Å²) in [6, 6.07) is 0.393. The molecule has 2 aliphatic heterocycles. The van der Waals surface area contributed by atoms with Crippen molar-refractivity contribution in [3.63, 3.8) is 0 Å². The van der Waals surface area contributed by atoms with E-state index in [1.54, 1.807) is 0 Å². The number of carbonyl (C=O) groups excluding carboxylic acids is 1. The molecule has 0 radical (unpaired) electrons. The number of amides is 1. The van der Waals surface area contributed by atoms with Gasteiger partial charge in [-0.2, -0.15) is 0 Å². The van der Waals surface area contributed by atoms with Crippen molar-refractivity contribution in [1.29, 1.82) is 0 Å². The zero-order valence-electron chi connectivity index (χ0n) is 13.9. The molecule has 1 amide bonds. The van der Waals surface area contributed by atoms with Gasteiger partial charge < -0.3 is 15.5 Å². The van der Waals surface area contributed by atoms with Crippen LogP contribution in [0.5, 0.6) is 0 Å². The van der Waals surface area contributed by atoms with Crippen LogP contribution in [0.2, 0.25) is 0 Å². The van der Waals surface area contributed by atoms with E-state index in [0.717, 1.165) is 58.3 Å². The summed E-state index contributed by atoms with van der Waals surface area (Å²) in [6.45, 7) is 9.79. The van der Waals surface area contributed by atoms with Gasteiger partial charge in [0.1, 0.15) is 0 Å². The minimum Gasteiger partial charge on any atom is -0.353 e. The molecular formula is C17H33N3O. The van der Waals surface area contributed by atoms with Crippen LogP contribution in [0, 0.1) is 5.41 Å². The van der Waals surface area contributed by atoms with E-state index < -0.39 is 0 Å². The predicted molar refractivity (Wildman–Crippen MR) is 87.3 cm³/mol. The molecule has 1 unspecified atom stereocenters. The molecular weight excluding hydrogens is 262 g/mol. The molecule has 21 heavy (non-hydrogen) atoms. The molecule has 0 saturated carbocycles. The monoisotopic (exact) mass is 295 g/mol. The Bertz CT molecular complexity index is 318. The maximum Gasteiger partial charge on any atom is 0.227 e. The fourth-order valence-electron chi connectivity index (χ4n) is 3.76. The fraction of sp³-hybridized carbons (Fsp3) is 0.941. The number of carbonyl (C=O) groups is 1. The highest BCUT2D eigenvalue weighted by Crippen LogP contribution is 2.31. The van der Waals surface area contributed by atoms with E-state index in [-0.39, 0.29) is 5.41 Å². The first-order valence-electron chi connectivity index (χ1n) is 8.94. The minimum atomic E-state index is -0.131. The lowest BCUT2D eigenvalue weighted by Crippen LogP contribution is -2.50. The first kappa shape index (κ1) is 16.8. The Labute approximate surface area is 130 Å². The molecule has 4 heteroatoms. The topological polar surface area (TPSA) is 44.4 Å². The van der Waals surface area contributed by atoms with E-state index in [1.807, 2.05) is 0 Å². The standard InChI is InChI=1S/C17H33N3O/c1-3-5-11-20-12-6-15(7-13-20)19-16(21)17(8-4-2)9-10-18-14-17/h15,18H,3-14H2,1-2H3,(H,19,21). The van der Waals surface area contributed by atoms with Crippen LogP contribution in [-0.2, 0) is 4.79 Å². The average molecular weight is 295 g/mol. The van der Waals surface area contributed by atoms with Crippen molar-refractivity contribution in [3.05, 3.63) is 0 Å². The van der Waals surface area contributed by atoms with Gasteiger partial charge in [-0.25, -0.2) is 0 Å². The summed E-state index contributed by atoms with van der Waals surface area (Å²) in [5.41, 5.74) is -0.131. The summed E-state index contributed by atoms with van der Waals surface area (Å²) < 4.78 is 0. The third-order valence-corrected chi connectivity index (χ3v) is 5.20. The van der Waals surface area contributed by atoms with Gasteiger partial charge in [0, 0.05) is 25.7 Å². The molecule has 4 nitrogen and oxygen atoms in total. The van der Waals surface area contributed by atoms with Crippen LogP contribution in [-0.4, -0.2) is 49.6 Å². The van der Waals surface area contributed by atoms with Gasteiger partial charge in [0.05, 0.1) is 5.41 Å². The molecule has 2 saturated heterocycles. The van der Waals surface area contributed by atoms with Gasteiger partial charge in [0.25, 0.3) is 0 Å². The first-order valence-corrected chi connectivity index (χ1v) is 8.94. The number of unbranched alkanes of at least 4 members (excludes halogenated alkanes) is 1. The highest BCUT2D eigenvalue weighted by Gasteiger charge is 2.41. The molecule has 0 aromatic rings. The number of nitrogens with one attached hydrogen (secondary N) is 2. The van der Waals surface area contributed by atoms with Gasteiger partial charge in [-0.3, -0.25) is 4.79 Å². The molecule has 2 N–H and O–H groups in total. The third kappa shape index (κ3) is 4.43. The summed E-state index contributed by atoms with van der Waals surface area (Å²) in [5, 5.41) is 6.73. The molecule has 0 aromatic heterocycles. The summed E-state index contributed by atoms with van der Waals surface area (Å²) >= 11 is 0. The van der Waals surface area contributed by atoms with Crippen LogP contribution >= 0.6 is 0 Å². The van der Waals surface area contributed by atoms with Crippen molar-refractivity contribution < 1.29 is 4.79 Å². The molecule has 1 atom stereocenters. The minimum absolute atomic E-state index is 0.131. The normalized spacial score (nSPS) is 27.9. The van der Waals surface area contributed by atoms with Crippen LogP contribution in [0.3, 0.4) is 0 Å². The van der Waals surface area contributed by atoms with Crippen molar-refractivity contribution in [2.24, 2.45) is 5.41 Å². The first-order chi connectivity index (χ1) is 10.2. The SMILES string of the molecule is CCCCN1CCC(NC(=O)C2(CCC)CCNC2)CC1. The Morgan fingerprint density at radius 1 is 1.29 bits per heavy atom. The predicted octanol–water partition coefficient (Wildman–Crippen LogP) is 2.15. The molecule has 2 heterocycles.